The van der Waals surface area contributed by atoms with E-state index in [1.165, 1.54) is 33.5 Å². The van der Waals surface area contributed by atoms with Crippen LogP contribution in [0.15, 0.2) is 91.0 Å². The molecular formula is C32H32N2. The molecule has 4 aromatic carbocycles. The van der Waals surface area contributed by atoms with Gasteiger partial charge in [-0.15, -0.1) is 0 Å². The van der Waals surface area contributed by atoms with Crippen molar-refractivity contribution in [1.29, 1.82) is 0 Å². The summed E-state index contributed by atoms with van der Waals surface area (Å²) in [7, 11) is 0. The normalized spacial score (nSPS) is 11.6. The lowest BCUT2D eigenvalue weighted by atomic mass is 9.88. The molecule has 0 unspecified atom stereocenters. The molecule has 34 heavy (non-hydrogen) atoms. The van der Waals surface area contributed by atoms with Gasteiger partial charge in [-0.1, -0.05) is 94.4 Å². The number of fused-ring (bicyclic) bond motifs is 1. The average molecular weight is 445 g/mol. The molecule has 0 saturated carbocycles. The van der Waals surface area contributed by atoms with Gasteiger partial charge in [0.15, 0.2) is 0 Å². The molecule has 2 heteroatoms. The van der Waals surface area contributed by atoms with Gasteiger partial charge in [0.25, 0.3) is 0 Å². The van der Waals surface area contributed by atoms with Crippen LogP contribution in [0.25, 0.3) is 39.2 Å². The summed E-state index contributed by atoms with van der Waals surface area (Å²) in [4.78, 5) is 5.16. The molecular weight excluding hydrogens is 412 g/mol. The van der Waals surface area contributed by atoms with Gasteiger partial charge in [0.1, 0.15) is 5.82 Å². The number of aromatic nitrogens is 2. The first-order chi connectivity index (χ1) is 16.4. The molecule has 0 amide bonds. The average Bonchev–Trinajstić information content (AvgIpc) is 3.22. The Morgan fingerprint density at radius 2 is 1.18 bits per heavy atom. The Morgan fingerprint density at radius 1 is 0.618 bits per heavy atom. The summed E-state index contributed by atoms with van der Waals surface area (Å²) in [5, 5.41) is 0. The van der Waals surface area contributed by atoms with Crippen molar-refractivity contribution in [2.75, 3.05) is 0 Å². The molecule has 0 aliphatic carbocycles. The maximum absolute atomic E-state index is 5.16. The van der Waals surface area contributed by atoms with E-state index < -0.39 is 0 Å². The van der Waals surface area contributed by atoms with Crippen molar-refractivity contribution in [2.45, 2.75) is 46.5 Å². The van der Waals surface area contributed by atoms with E-state index in [0.717, 1.165) is 22.4 Å². The summed E-state index contributed by atoms with van der Waals surface area (Å²) >= 11 is 0. The van der Waals surface area contributed by atoms with Crippen LogP contribution in [-0.4, -0.2) is 9.55 Å². The molecule has 0 atom stereocenters. The number of hydrogen-bond acceptors (Lipinski definition) is 1. The van der Waals surface area contributed by atoms with E-state index in [9.17, 15) is 0 Å². The number of nitrogens with zero attached hydrogens (tertiary/aromatic N) is 2. The number of hydrogen-bond donors (Lipinski definition) is 0. The maximum Gasteiger partial charge on any atom is 0.145 e. The lowest BCUT2D eigenvalue weighted by Crippen LogP contribution is -2.09. The molecule has 0 spiro atoms. The second kappa shape index (κ2) is 8.95. The third-order valence-corrected chi connectivity index (χ3v) is 6.59. The Kier molecular flexibility index (Phi) is 5.83. The molecule has 1 heterocycles. The monoisotopic (exact) mass is 444 g/mol. The van der Waals surface area contributed by atoms with Crippen LogP contribution in [0.4, 0.5) is 0 Å². The highest BCUT2D eigenvalue weighted by Crippen LogP contribution is 2.40. The van der Waals surface area contributed by atoms with Gasteiger partial charge >= 0.3 is 0 Å². The Bertz CT molecular complexity index is 1410. The largest absolute Gasteiger partial charge is 0.292 e. The molecule has 0 saturated heterocycles. The fourth-order valence-corrected chi connectivity index (χ4v) is 4.81. The van der Waals surface area contributed by atoms with Crippen LogP contribution >= 0.6 is 0 Å². The standard InChI is InChI=1S/C32H32N2/c1-21(2)27-19-26(24-12-8-6-9-13-24)20-28(22(3)4)31(27)34-30-17-16-23(5)18-29(30)33-32(34)25-14-10-7-11-15-25/h6-22H,1-5H3. The zero-order chi connectivity index (χ0) is 23.8. The van der Waals surface area contributed by atoms with E-state index in [2.05, 4.69) is 130 Å². The van der Waals surface area contributed by atoms with Crippen molar-refractivity contribution in [3.05, 3.63) is 108 Å². The minimum absolute atomic E-state index is 0.364. The van der Waals surface area contributed by atoms with Crippen molar-refractivity contribution in [2.24, 2.45) is 0 Å². The summed E-state index contributed by atoms with van der Waals surface area (Å²) in [6.45, 7) is 11.3. The highest BCUT2D eigenvalue weighted by molar-refractivity contribution is 5.85. The van der Waals surface area contributed by atoms with E-state index in [4.69, 9.17) is 4.98 Å². The van der Waals surface area contributed by atoms with Crippen molar-refractivity contribution in [3.63, 3.8) is 0 Å². The van der Waals surface area contributed by atoms with Gasteiger partial charge < -0.3 is 0 Å². The lowest BCUT2D eigenvalue weighted by Gasteiger charge is -2.24. The molecule has 0 radical (unpaired) electrons. The van der Waals surface area contributed by atoms with Gasteiger partial charge in [0, 0.05) is 5.56 Å². The van der Waals surface area contributed by atoms with E-state index >= 15 is 0 Å². The molecule has 170 valence electrons. The van der Waals surface area contributed by atoms with Gasteiger partial charge in [0.05, 0.1) is 16.7 Å². The van der Waals surface area contributed by atoms with Crippen LogP contribution in [0.1, 0.15) is 56.2 Å². The van der Waals surface area contributed by atoms with Crippen LogP contribution < -0.4 is 0 Å². The first kappa shape index (κ1) is 22.2. The second-order valence-electron chi connectivity index (χ2n) is 9.81. The van der Waals surface area contributed by atoms with Crippen molar-refractivity contribution >= 4 is 11.0 Å². The van der Waals surface area contributed by atoms with E-state index in [1.807, 2.05) is 0 Å². The zero-order valence-corrected chi connectivity index (χ0v) is 20.7. The molecule has 0 aliphatic heterocycles. The zero-order valence-electron chi connectivity index (χ0n) is 20.7. The summed E-state index contributed by atoms with van der Waals surface area (Å²) in [6, 6.07) is 32.7. The first-order valence-electron chi connectivity index (χ1n) is 12.2. The third-order valence-electron chi connectivity index (χ3n) is 6.59. The highest BCUT2D eigenvalue weighted by atomic mass is 15.1. The van der Waals surface area contributed by atoms with Crippen molar-refractivity contribution in [3.8, 4) is 28.2 Å². The summed E-state index contributed by atoms with van der Waals surface area (Å²) in [5.41, 5.74) is 11.1. The Balaban J connectivity index is 1.89. The van der Waals surface area contributed by atoms with Gasteiger partial charge in [0.2, 0.25) is 0 Å². The van der Waals surface area contributed by atoms with Crippen LogP contribution in [-0.2, 0) is 0 Å². The molecule has 5 rings (SSSR count). The summed E-state index contributed by atoms with van der Waals surface area (Å²) in [6.07, 6.45) is 0. The predicted octanol–water partition coefficient (Wildman–Crippen LogP) is 8.91. The molecule has 0 bridgehead atoms. The topological polar surface area (TPSA) is 17.8 Å². The third kappa shape index (κ3) is 3.94. The Hall–Kier alpha value is -3.65. The second-order valence-corrected chi connectivity index (χ2v) is 9.81. The maximum atomic E-state index is 5.16. The van der Waals surface area contributed by atoms with Gasteiger partial charge in [-0.2, -0.15) is 0 Å². The van der Waals surface area contributed by atoms with Crippen LogP contribution in [0.2, 0.25) is 0 Å². The lowest BCUT2D eigenvalue weighted by molar-refractivity contribution is 0.811. The molecule has 2 nitrogen and oxygen atoms in total. The smallest absolute Gasteiger partial charge is 0.145 e. The van der Waals surface area contributed by atoms with E-state index in [1.54, 1.807) is 0 Å². The van der Waals surface area contributed by atoms with Crippen molar-refractivity contribution < 1.29 is 0 Å². The SMILES string of the molecule is Cc1ccc2c(c1)nc(-c1ccccc1)n2-c1c(C(C)C)cc(-c2ccccc2)cc1C(C)C. The van der Waals surface area contributed by atoms with E-state index in [-0.39, 0.29) is 0 Å². The van der Waals surface area contributed by atoms with Gasteiger partial charge in [-0.3, -0.25) is 4.57 Å². The summed E-state index contributed by atoms with van der Waals surface area (Å²) < 4.78 is 2.41. The minimum atomic E-state index is 0.364. The van der Waals surface area contributed by atoms with Crippen LogP contribution in [0.3, 0.4) is 0 Å². The fraction of sp³-hybridized carbons (Fsp3) is 0.219. The Morgan fingerprint density at radius 3 is 1.74 bits per heavy atom. The van der Waals surface area contributed by atoms with Crippen molar-refractivity contribution in [1.82, 2.24) is 9.55 Å². The number of rotatable bonds is 5. The molecule has 0 aliphatic rings. The van der Waals surface area contributed by atoms with Gasteiger partial charge in [-0.25, -0.2) is 4.98 Å². The van der Waals surface area contributed by atoms with Crippen LogP contribution in [0.5, 0.6) is 0 Å². The molecule has 0 fully saturated rings. The Labute approximate surface area is 202 Å². The van der Waals surface area contributed by atoms with Gasteiger partial charge in [-0.05, 0) is 70.8 Å². The number of imidazole rings is 1. The minimum Gasteiger partial charge on any atom is -0.292 e. The highest BCUT2D eigenvalue weighted by Gasteiger charge is 2.23. The van der Waals surface area contributed by atoms with Crippen LogP contribution in [0, 0.1) is 6.92 Å². The van der Waals surface area contributed by atoms with E-state index in [0.29, 0.717) is 11.8 Å². The molecule has 0 N–H and O–H groups in total. The first-order valence-corrected chi connectivity index (χ1v) is 12.2. The fourth-order valence-electron chi connectivity index (χ4n) is 4.81. The number of benzene rings is 4. The summed E-state index contributed by atoms with van der Waals surface area (Å²) in [5.74, 6) is 1.72. The molecule has 5 aromatic rings. The molecule has 1 aromatic heterocycles. The number of aryl methyl sites for hydroxylation is 1. The predicted molar refractivity (Wildman–Crippen MR) is 145 cm³/mol. The quantitative estimate of drug-likeness (QED) is 0.264.